The Bertz CT molecular complexity index is 908. The van der Waals surface area contributed by atoms with E-state index >= 15 is 0 Å². The Hall–Kier alpha value is -1.51. The van der Waals surface area contributed by atoms with E-state index in [9.17, 15) is 4.79 Å². The molecule has 3 rings (SSSR count). The zero-order chi connectivity index (χ0) is 23.1. The van der Waals surface area contributed by atoms with Gasteiger partial charge in [0.25, 0.3) is 0 Å². The molecule has 0 fully saturated rings. The quantitative estimate of drug-likeness (QED) is 0.441. The molecule has 165 valence electrons. The van der Waals surface area contributed by atoms with Gasteiger partial charge in [-0.3, -0.25) is 4.79 Å². The molecule has 0 unspecified atom stereocenters. The van der Waals surface area contributed by atoms with Crippen LogP contribution in [0.1, 0.15) is 79.0 Å². The molecule has 0 aliphatic heterocycles. The van der Waals surface area contributed by atoms with Crippen molar-refractivity contribution in [3.8, 4) is 0 Å². The maximum absolute atomic E-state index is 13.3. The monoisotopic (exact) mass is 493 g/mol. The SMILES string of the molecule is CC.CC.[CH-]=C1C(C)=C(C(C)(C)C(=O)NC(C)(C)c2ccccc2)c2ccccc21.[Y]. The normalized spacial score (nSPS) is 12.5. The number of benzene rings is 2. The minimum atomic E-state index is -0.701. The maximum atomic E-state index is 13.3. The first-order valence-corrected chi connectivity index (χ1v) is 11.0. The second-order valence-corrected chi connectivity index (χ2v) is 8.03. The number of hydrogen-bond acceptors (Lipinski definition) is 1. The number of nitrogens with one attached hydrogen (secondary N) is 1. The first kappa shape index (κ1) is 29.5. The van der Waals surface area contributed by atoms with Crippen LogP contribution < -0.4 is 5.32 Å². The van der Waals surface area contributed by atoms with Crippen LogP contribution in [0.5, 0.6) is 0 Å². The third-order valence-corrected chi connectivity index (χ3v) is 5.38. The van der Waals surface area contributed by atoms with Gasteiger partial charge in [-0.05, 0) is 33.3 Å². The van der Waals surface area contributed by atoms with Crippen LogP contribution in [0.2, 0.25) is 0 Å². The molecule has 2 nitrogen and oxygen atoms in total. The van der Waals surface area contributed by atoms with Crippen molar-refractivity contribution in [2.75, 3.05) is 0 Å². The summed E-state index contributed by atoms with van der Waals surface area (Å²) in [5, 5.41) is 3.23. The summed E-state index contributed by atoms with van der Waals surface area (Å²) < 4.78 is 0. The predicted molar refractivity (Wildman–Crippen MR) is 131 cm³/mol. The van der Waals surface area contributed by atoms with Gasteiger partial charge in [-0.25, -0.2) is 6.58 Å². The van der Waals surface area contributed by atoms with Crippen LogP contribution in [-0.4, -0.2) is 5.91 Å². The minimum Gasteiger partial charge on any atom is -0.346 e. The van der Waals surface area contributed by atoms with Crippen molar-refractivity contribution in [3.63, 3.8) is 0 Å². The Morgan fingerprint density at radius 3 is 1.77 bits per heavy atom. The van der Waals surface area contributed by atoms with E-state index < -0.39 is 11.0 Å². The molecule has 2 aromatic rings. The van der Waals surface area contributed by atoms with Crippen molar-refractivity contribution in [2.24, 2.45) is 5.41 Å². The molecule has 1 radical (unpaired) electrons. The Balaban J connectivity index is 0.00000170. The van der Waals surface area contributed by atoms with E-state index in [2.05, 4.69) is 5.32 Å². The molecule has 0 bridgehead atoms. The first-order valence-electron chi connectivity index (χ1n) is 11.0. The summed E-state index contributed by atoms with van der Waals surface area (Å²) in [7, 11) is 0. The zero-order valence-electron chi connectivity index (χ0n) is 20.8. The summed E-state index contributed by atoms with van der Waals surface area (Å²) in [6.45, 7) is 24.3. The Morgan fingerprint density at radius 2 is 1.26 bits per heavy atom. The molecule has 1 N–H and O–H groups in total. The van der Waals surface area contributed by atoms with Gasteiger partial charge in [0.15, 0.2) is 0 Å². The van der Waals surface area contributed by atoms with Crippen LogP contribution in [0.3, 0.4) is 0 Å². The topological polar surface area (TPSA) is 29.1 Å². The minimum absolute atomic E-state index is 0. The summed E-state index contributed by atoms with van der Waals surface area (Å²) in [6, 6.07) is 18.1. The summed E-state index contributed by atoms with van der Waals surface area (Å²) in [5.41, 5.74) is 4.75. The molecule has 0 saturated heterocycles. The molecule has 0 atom stereocenters. The molecule has 2 aromatic carbocycles. The number of amides is 1. The molecule has 0 heterocycles. The largest absolute Gasteiger partial charge is 0.346 e. The number of allylic oxidation sites excluding steroid dienone is 2. The van der Waals surface area contributed by atoms with E-state index in [1.807, 2.05) is 117 Å². The summed E-state index contributed by atoms with van der Waals surface area (Å²) in [6.07, 6.45) is 0. The van der Waals surface area contributed by atoms with Crippen LogP contribution in [0.25, 0.3) is 11.1 Å². The predicted octanol–water partition coefficient (Wildman–Crippen LogP) is 7.42. The van der Waals surface area contributed by atoms with Gasteiger partial charge in [0.1, 0.15) is 0 Å². The van der Waals surface area contributed by atoms with Gasteiger partial charge in [0, 0.05) is 32.7 Å². The zero-order valence-corrected chi connectivity index (χ0v) is 23.6. The van der Waals surface area contributed by atoms with E-state index in [4.69, 9.17) is 6.58 Å². The van der Waals surface area contributed by atoms with Gasteiger partial charge in [0.05, 0.1) is 11.0 Å². The van der Waals surface area contributed by atoms with E-state index in [1.165, 1.54) is 0 Å². The van der Waals surface area contributed by atoms with Gasteiger partial charge in [0.2, 0.25) is 5.91 Å². The van der Waals surface area contributed by atoms with Crippen LogP contribution >= 0.6 is 0 Å². The molecule has 0 aromatic heterocycles. The van der Waals surface area contributed by atoms with Crippen LogP contribution in [0, 0.1) is 12.0 Å². The Morgan fingerprint density at radius 1 is 0.806 bits per heavy atom. The second kappa shape index (κ2) is 12.5. The fourth-order valence-corrected chi connectivity index (χ4v) is 3.76. The van der Waals surface area contributed by atoms with E-state index in [-0.39, 0.29) is 38.6 Å². The van der Waals surface area contributed by atoms with Crippen LogP contribution in [0.15, 0.2) is 60.2 Å². The number of hydrogen-bond donors (Lipinski definition) is 1. The van der Waals surface area contributed by atoms with E-state index in [0.29, 0.717) is 0 Å². The van der Waals surface area contributed by atoms with Gasteiger partial charge >= 0.3 is 0 Å². The van der Waals surface area contributed by atoms with Gasteiger partial charge in [-0.15, -0.1) is 17.2 Å². The van der Waals surface area contributed by atoms with E-state index in [1.54, 1.807) is 0 Å². The fraction of sp³-hybridized carbons (Fsp3) is 0.393. The average Bonchev–Trinajstić information content (AvgIpc) is 3.02. The molecular formula is C28H38NOY-. The molecule has 1 aliphatic carbocycles. The molecule has 31 heavy (non-hydrogen) atoms. The smallest absolute Gasteiger partial charge is 0.229 e. The molecule has 1 amide bonds. The maximum Gasteiger partial charge on any atom is 0.229 e. The average molecular weight is 494 g/mol. The summed E-state index contributed by atoms with van der Waals surface area (Å²) in [4.78, 5) is 13.3. The fourth-order valence-electron chi connectivity index (χ4n) is 3.76. The molecule has 0 spiro atoms. The van der Waals surface area contributed by atoms with Crippen molar-refractivity contribution in [1.82, 2.24) is 5.32 Å². The number of rotatable bonds is 4. The molecule has 0 saturated carbocycles. The molecule has 3 heteroatoms. The van der Waals surface area contributed by atoms with Crippen LogP contribution in [-0.2, 0) is 43.0 Å². The van der Waals surface area contributed by atoms with E-state index in [0.717, 1.165) is 33.4 Å². The first-order chi connectivity index (χ1) is 14.2. The second-order valence-electron chi connectivity index (χ2n) is 8.03. The number of carbonyl (C=O) groups excluding carboxylic acids is 1. The Labute approximate surface area is 215 Å². The van der Waals surface area contributed by atoms with Crippen molar-refractivity contribution < 1.29 is 37.5 Å². The van der Waals surface area contributed by atoms with Gasteiger partial charge < -0.3 is 5.32 Å². The third kappa shape index (κ3) is 6.27. The van der Waals surface area contributed by atoms with Crippen LogP contribution in [0.4, 0.5) is 0 Å². The third-order valence-electron chi connectivity index (χ3n) is 5.38. The van der Waals surface area contributed by atoms with Gasteiger partial charge in [-0.2, -0.15) is 5.57 Å². The standard InChI is InChI=1S/C24H26NO.2C2H6.Y/c1-16-17(2)21(20-15-11-10-14-19(16)20)23(3,4)22(26)25-24(5,6)18-12-8-7-9-13-18;2*1-2;/h1,7-15H,2-6H3,(H,25,26);2*1-2H3;/q-1;;;. The van der Waals surface area contributed by atoms with Gasteiger partial charge in [-0.1, -0.05) is 94.3 Å². The van der Waals surface area contributed by atoms with Crippen molar-refractivity contribution >= 4 is 17.1 Å². The summed E-state index contributed by atoms with van der Waals surface area (Å²) >= 11 is 0. The number of fused-ring (bicyclic) bond motifs is 1. The molecule has 1 aliphatic rings. The summed E-state index contributed by atoms with van der Waals surface area (Å²) in [5.74, 6) is -0.00907. The number of carbonyl (C=O) groups is 1. The Kier molecular flexibility index (Phi) is 11.9. The van der Waals surface area contributed by atoms with Crippen molar-refractivity contribution in [3.05, 3.63) is 83.4 Å². The van der Waals surface area contributed by atoms with Crippen molar-refractivity contribution in [2.45, 2.75) is 67.9 Å². The molecular weight excluding hydrogens is 455 g/mol. The van der Waals surface area contributed by atoms with Crippen molar-refractivity contribution in [1.29, 1.82) is 0 Å².